The summed E-state index contributed by atoms with van der Waals surface area (Å²) in [6.07, 6.45) is 0.305. The third-order valence-electron chi connectivity index (χ3n) is 3.59. The van der Waals surface area contributed by atoms with Crippen LogP contribution in [0.3, 0.4) is 0 Å². The Labute approximate surface area is 121 Å². The van der Waals surface area contributed by atoms with Crippen LogP contribution in [0.15, 0.2) is 33.5 Å². The number of nitrogens with one attached hydrogen (secondary N) is 1. The van der Waals surface area contributed by atoms with Crippen molar-refractivity contribution >= 4 is 11.0 Å². The highest BCUT2D eigenvalue weighted by molar-refractivity contribution is 5.93. The first-order chi connectivity index (χ1) is 10.1. The standard InChI is InChI=1S/C16H16N2O3/c1-9-11(7-8-19)16(20)18-15(17-9)14-10(2)21-13-6-4-3-5-12(13)14/h3-6,19H,7-8H2,1-2H3,(H,17,18,20). The van der Waals surface area contributed by atoms with Crippen molar-refractivity contribution in [1.29, 1.82) is 0 Å². The minimum atomic E-state index is -0.212. The number of aromatic nitrogens is 2. The van der Waals surface area contributed by atoms with E-state index < -0.39 is 0 Å². The molecule has 0 bridgehead atoms. The Morgan fingerprint density at radius 1 is 1.29 bits per heavy atom. The molecule has 0 amide bonds. The van der Waals surface area contributed by atoms with E-state index >= 15 is 0 Å². The van der Waals surface area contributed by atoms with Gasteiger partial charge in [-0.1, -0.05) is 18.2 Å². The molecule has 5 nitrogen and oxygen atoms in total. The van der Waals surface area contributed by atoms with Crippen LogP contribution in [-0.4, -0.2) is 21.7 Å². The molecular weight excluding hydrogens is 268 g/mol. The van der Waals surface area contributed by atoms with Gasteiger partial charge >= 0.3 is 0 Å². The number of rotatable bonds is 3. The second-order valence-corrected chi connectivity index (χ2v) is 4.98. The molecule has 21 heavy (non-hydrogen) atoms. The van der Waals surface area contributed by atoms with Crippen LogP contribution < -0.4 is 5.56 Å². The molecule has 3 rings (SSSR count). The Balaban J connectivity index is 2.24. The molecule has 0 spiro atoms. The van der Waals surface area contributed by atoms with Crippen LogP contribution in [0.1, 0.15) is 17.0 Å². The largest absolute Gasteiger partial charge is 0.461 e. The number of aliphatic hydroxyl groups is 1. The fourth-order valence-corrected chi connectivity index (χ4v) is 2.60. The topological polar surface area (TPSA) is 79.1 Å². The van der Waals surface area contributed by atoms with E-state index in [4.69, 9.17) is 9.52 Å². The lowest BCUT2D eigenvalue weighted by Crippen LogP contribution is -2.18. The van der Waals surface area contributed by atoms with Crippen LogP contribution in [0.4, 0.5) is 0 Å². The summed E-state index contributed by atoms with van der Waals surface area (Å²) >= 11 is 0. The molecule has 5 heteroatoms. The van der Waals surface area contributed by atoms with Gasteiger partial charge in [-0.25, -0.2) is 4.98 Å². The predicted octanol–water partition coefficient (Wildman–Crippen LogP) is 2.33. The van der Waals surface area contributed by atoms with Gasteiger partial charge in [0.15, 0.2) is 0 Å². The number of nitrogens with zero attached hydrogens (tertiary/aromatic N) is 1. The first kappa shape index (κ1) is 13.6. The van der Waals surface area contributed by atoms with Gasteiger partial charge < -0.3 is 14.5 Å². The van der Waals surface area contributed by atoms with Gasteiger partial charge in [0.25, 0.3) is 5.56 Å². The number of hydrogen-bond acceptors (Lipinski definition) is 4. The van der Waals surface area contributed by atoms with Crippen LogP contribution >= 0.6 is 0 Å². The second-order valence-electron chi connectivity index (χ2n) is 4.98. The van der Waals surface area contributed by atoms with Gasteiger partial charge in [-0.05, 0) is 19.9 Å². The lowest BCUT2D eigenvalue weighted by Gasteiger charge is -2.06. The van der Waals surface area contributed by atoms with Crippen molar-refractivity contribution in [3.8, 4) is 11.4 Å². The quantitative estimate of drug-likeness (QED) is 0.773. The SMILES string of the molecule is Cc1nc(-c2c(C)oc3ccccc23)[nH]c(=O)c1CCO. The third kappa shape index (κ3) is 2.25. The van der Waals surface area contributed by atoms with Crippen molar-refractivity contribution < 1.29 is 9.52 Å². The summed E-state index contributed by atoms with van der Waals surface area (Å²) in [5, 5.41) is 9.94. The zero-order valence-electron chi connectivity index (χ0n) is 11.9. The molecule has 0 radical (unpaired) electrons. The normalized spacial score (nSPS) is 11.2. The molecule has 0 aliphatic carbocycles. The van der Waals surface area contributed by atoms with Crippen LogP contribution in [0.2, 0.25) is 0 Å². The minimum absolute atomic E-state index is 0.0708. The molecule has 108 valence electrons. The third-order valence-corrected chi connectivity index (χ3v) is 3.59. The van der Waals surface area contributed by atoms with E-state index in [0.717, 1.165) is 16.5 Å². The Morgan fingerprint density at radius 3 is 2.76 bits per heavy atom. The summed E-state index contributed by atoms with van der Waals surface area (Å²) in [6.45, 7) is 3.56. The van der Waals surface area contributed by atoms with Crippen molar-refractivity contribution in [3.63, 3.8) is 0 Å². The van der Waals surface area contributed by atoms with Gasteiger partial charge in [-0.3, -0.25) is 4.79 Å². The van der Waals surface area contributed by atoms with Gasteiger partial charge in [0.1, 0.15) is 17.2 Å². The highest BCUT2D eigenvalue weighted by Crippen LogP contribution is 2.32. The van der Waals surface area contributed by atoms with Crippen molar-refractivity contribution in [1.82, 2.24) is 9.97 Å². The predicted molar refractivity (Wildman–Crippen MR) is 80.3 cm³/mol. The van der Waals surface area contributed by atoms with Crippen molar-refractivity contribution in [2.75, 3.05) is 6.61 Å². The number of benzene rings is 1. The molecule has 0 saturated carbocycles. The number of aliphatic hydroxyl groups excluding tert-OH is 1. The molecule has 0 fully saturated rings. The van der Waals surface area contributed by atoms with Gasteiger partial charge in [0, 0.05) is 29.7 Å². The highest BCUT2D eigenvalue weighted by atomic mass is 16.3. The number of furan rings is 1. The molecule has 2 heterocycles. The zero-order valence-corrected chi connectivity index (χ0v) is 11.9. The molecule has 2 aromatic heterocycles. The van der Waals surface area contributed by atoms with Gasteiger partial charge in [-0.15, -0.1) is 0 Å². The molecular formula is C16H16N2O3. The van der Waals surface area contributed by atoms with Gasteiger partial charge in [-0.2, -0.15) is 0 Å². The van der Waals surface area contributed by atoms with Crippen molar-refractivity contribution in [2.24, 2.45) is 0 Å². The number of aryl methyl sites for hydroxylation is 2. The molecule has 0 aliphatic rings. The van der Waals surface area contributed by atoms with Crippen molar-refractivity contribution in [2.45, 2.75) is 20.3 Å². The van der Waals surface area contributed by atoms with Crippen LogP contribution in [0.5, 0.6) is 0 Å². The minimum Gasteiger partial charge on any atom is -0.461 e. The summed E-state index contributed by atoms with van der Waals surface area (Å²) in [6, 6.07) is 7.65. The van der Waals surface area contributed by atoms with E-state index in [-0.39, 0.29) is 12.2 Å². The average Bonchev–Trinajstić information content (AvgIpc) is 2.78. The summed E-state index contributed by atoms with van der Waals surface area (Å²) in [4.78, 5) is 19.4. The first-order valence-corrected chi connectivity index (χ1v) is 6.81. The van der Waals surface area contributed by atoms with Crippen LogP contribution in [0.25, 0.3) is 22.4 Å². The van der Waals surface area contributed by atoms with E-state index in [1.54, 1.807) is 6.92 Å². The fourth-order valence-electron chi connectivity index (χ4n) is 2.60. The first-order valence-electron chi connectivity index (χ1n) is 6.81. The van der Waals surface area contributed by atoms with Crippen LogP contribution in [0, 0.1) is 13.8 Å². The molecule has 0 atom stereocenters. The number of H-pyrrole nitrogens is 1. The average molecular weight is 284 g/mol. The monoisotopic (exact) mass is 284 g/mol. The van der Waals surface area contributed by atoms with Gasteiger partial charge in [0.2, 0.25) is 0 Å². The van der Waals surface area contributed by atoms with E-state index in [2.05, 4.69) is 9.97 Å². The number of hydrogen-bond donors (Lipinski definition) is 2. The Kier molecular flexibility index (Phi) is 3.35. The lowest BCUT2D eigenvalue weighted by atomic mass is 10.1. The summed E-state index contributed by atoms with van der Waals surface area (Å²) < 4.78 is 5.71. The van der Waals surface area contributed by atoms with E-state index in [1.165, 1.54) is 0 Å². The summed E-state index contributed by atoms with van der Waals surface area (Å²) in [7, 11) is 0. The Morgan fingerprint density at radius 2 is 2.05 bits per heavy atom. The molecule has 0 unspecified atom stereocenters. The van der Waals surface area contributed by atoms with E-state index in [9.17, 15) is 4.79 Å². The summed E-state index contributed by atoms with van der Waals surface area (Å²) in [5.41, 5.74) is 2.52. The highest BCUT2D eigenvalue weighted by Gasteiger charge is 2.16. The maximum atomic E-state index is 12.2. The molecule has 0 aliphatic heterocycles. The van der Waals surface area contributed by atoms with Gasteiger partial charge in [0.05, 0.1) is 5.56 Å². The van der Waals surface area contributed by atoms with E-state index in [0.29, 0.717) is 29.3 Å². The molecule has 0 saturated heterocycles. The van der Waals surface area contributed by atoms with E-state index in [1.807, 2.05) is 31.2 Å². The lowest BCUT2D eigenvalue weighted by molar-refractivity contribution is 0.298. The smallest absolute Gasteiger partial charge is 0.254 e. The Bertz CT molecular complexity index is 862. The zero-order chi connectivity index (χ0) is 15.0. The maximum absolute atomic E-state index is 12.2. The van der Waals surface area contributed by atoms with Crippen LogP contribution in [-0.2, 0) is 6.42 Å². The maximum Gasteiger partial charge on any atom is 0.254 e. The number of aromatic amines is 1. The molecule has 3 aromatic rings. The second kappa shape index (κ2) is 5.18. The molecule has 1 aromatic carbocycles. The van der Waals surface area contributed by atoms with Crippen molar-refractivity contribution in [3.05, 3.63) is 51.6 Å². The molecule has 2 N–H and O–H groups in total. The number of para-hydroxylation sites is 1. The summed E-state index contributed by atoms with van der Waals surface area (Å²) in [5.74, 6) is 1.22. The fraction of sp³-hybridized carbons (Fsp3) is 0.250. The Hall–Kier alpha value is -2.40. The number of fused-ring (bicyclic) bond motifs is 1.